The minimum atomic E-state index is -0.369. The molecule has 0 aromatic heterocycles. The highest BCUT2D eigenvalue weighted by Crippen LogP contribution is 2.39. The Labute approximate surface area is 200 Å². The molecule has 6 nitrogen and oxygen atoms in total. The van der Waals surface area contributed by atoms with Crippen LogP contribution < -0.4 is 19.3 Å². The van der Waals surface area contributed by atoms with Crippen molar-refractivity contribution in [3.63, 3.8) is 0 Å². The van der Waals surface area contributed by atoms with E-state index in [0.717, 1.165) is 16.8 Å². The van der Waals surface area contributed by atoms with Crippen LogP contribution in [0.15, 0.2) is 72.4 Å². The number of anilines is 2. The van der Waals surface area contributed by atoms with Gasteiger partial charge in [-0.1, -0.05) is 30.3 Å². The molecule has 0 spiro atoms. The summed E-state index contributed by atoms with van der Waals surface area (Å²) in [7, 11) is 3.10. The summed E-state index contributed by atoms with van der Waals surface area (Å²) in [6.45, 7) is 6.38. The standard InChI is InChI=1S/C28H28N2O4/c1-6-29(21-10-8-7-9-11-21)26-25(20-12-13-23(33-4)24(17-20)34-5)27(31)30(28(26)32)22-15-18(2)14-19(3)16-22/h7-17H,6H2,1-5H3. The van der Waals surface area contributed by atoms with Gasteiger partial charge in [-0.15, -0.1) is 0 Å². The average Bonchev–Trinajstić information content (AvgIpc) is 3.09. The van der Waals surface area contributed by atoms with Crippen LogP contribution in [0.5, 0.6) is 11.5 Å². The molecule has 34 heavy (non-hydrogen) atoms. The summed E-state index contributed by atoms with van der Waals surface area (Å²) >= 11 is 0. The maximum Gasteiger partial charge on any atom is 0.282 e. The van der Waals surface area contributed by atoms with Gasteiger partial charge in [-0.05, 0) is 73.9 Å². The number of rotatable bonds is 7. The summed E-state index contributed by atoms with van der Waals surface area (Å²) in [5, 5.41) is 0. The number of likely N-dealkylation sites (N-methyl/N-ethyl adjacent to an activating group) is 1. The predicted molar refractivity (Wildman–Crippen MR) is 134 cm³/mol. The molecule has 0 aliphatic carbocycles. The summed E-state index contributed by atoms with van der Waals surface area (Å²) in [6.07, 6.45) is 0. The van der Waals surface area contributed by atoms with E-state index in [2.05, 4.69) is 0 Å². The number of hydrogen-bond acceptors (Lipinski definition) is 5. The molecule has 0 radical (unpaired) electrons. The molecule has 1 aliphatic rings. The van der Waals surface area contributed by atoms with Crippen LogP contribution >= 0.6 is 0 Å². The third-order valence-corrected chi connectivity index (χ3v) is 5.85. The first-order valence-electron chi connectivity index (χ1n) is 11.2. The monoisotopic (exact) mass is 456 g/mol. The van der Waals surface area contributed by atoms with Crippen LogP contribution in [0.25, 0.3) is 5.57 Å². The molecule has 0 saturated heterocycles. The largest absolute Gasteiger partial charge is 0.493 e. The summed E-state index contributed by atoms with van der Waals surface area (Å²) < 4.78 is 10.8. The number of benzene rings is 3. The maximum absolute atomic E-state index is 13.9. The fourth-order valence-electron chi connectivity index (χ4n) is 4.41. The fourth-order valence-corrected chi connectivity index (χ4v) is 4.41. The first kappa shape index (κ1) is 23.1. The van der Waals surface area contributed by atoms with E-state index in [9.17, 15) is 9.59 Å². The molecule has 174 valence electrons. The first-order valence-corrected chi connectivity index (χ1v) is 11.2. The van der Waals surface area contributed by atoms with E-state index in [0.29, 0.717) is 40.6 Å². The Morgan fingerprint density at radius 2 is 1.44 bits per heavy atom. The Bertz CT molecular complexity index is 1260. The molecule has 2 amide bonds. The second kappa shape index (κ2) is 9.43. The van der Waals surface area contributed by atoms with Crippen molar-refractivity contribution in [1.29, 1.82) is 0 Å². The van der Waals surface area contributed by atoms with E-state index >= 15 is 0 Å². The molecule has 3 aromatic rings. The molecular weight excluding hydrogens is 428 g/mol. The van der Waals surface area contributed by atoms with E-state index in [4.69, 9.17) is 9.47 Å². The minimum Gasteiger partial charge on any atom is -0.493 e. The Balaban J connectivity index is 1.94. The molecule has 3 aromatic carbocycles. The van der Waals surface area contributed by atoms with E-state index in [1.54, 1.807) is 32.4 Å². The quantitative estimate of drug-likeness (QED) is 0.461. The molecule has 6 heteroatoms. The smallest absolute Gasteiger partial charge is 0.282 e. The van der Waals surface area contributed by atoms with Crippen LogP contribution in [-0.2, 0) is 9.59 Å². The number of methoxy groups -OCH3 is 2. The van der Waals surface area contributed by atoms with Gasteiger partial charge in [0.1, 0.15) is 5.70 Å². The zero-order valence-corrected chi connectivity index (χ0v) is 20.1. The number of nitrogens with zero attached hydrogens (tertiary/aromatic N) is 2. The van der Waals surface area contributed by atoms with Gasteiger partial charge >= 0.3 is 0 Å². The van der Waals surface area contributed by atoms with Crippen LogP contribution in [0.3, 0.4) is 0 Å². The Morgan fingerprint density at radius 1 is 0.794 bits per heavy atom. The molecule has 0 atom stereocenters. The summed E-state index contributed by atoms with van der Waals surface area (Å²) in [5.74, 6) is 0.309. The number of carbonyl (C=O) groups is 2. The van der Waals surface area contributed by atoms with E-state index in [1.807, 2.05) is 74.2 Å². The molecular formula is C28H28N2O4. The van der Waals surface area contributed by atoms with Crippen LogP contribution in [0.1, 0.15) is 23.6 Å². The fraction of sp³-hybridized carbons (Fsp3) is 0.214. The number of para-hydroxylation sites is 1. The van der Waals surface area contributed by atoms with Crippen molar-refractivity contribution in [2.75, 3.05) is 30.6 Å². The summed E-state index contributed by atoms with van der Waals surface area (Å²) in [6, 6.07) is 20.6. The Hall–Kier alpha value is -4.06. The molecule has 0 saturated carbocycles. The van der Waals surface area contributed by atoms with Crippen molar-refractivity contribution < 1.29 is 19.1 Å². The lowest BCUT2D eigenvalue weighted by molar-refractivity contribution is -0.120. The van der Waals surface area contributed by atoms with E-state index < -0.39 is 0 Å². The molecule has 0 fully saturated rings. The number of imide groups is 1. The van der Waals surface area contributed by atoms with Gasteiger partial charge in [0.25, 0.3) is 11.8 Å². The third-order valence-electron chi connectivity index (χ3n) is 5.85. The number of ether oxygens (including phenoxy) is 2. The number of aryl methyl sites for hydroxylation is 2. The zero-order valence-electron chi connectivity index (χ0n) is 20.1. The second-order valence-corrected chi connectivity index (χ2v) is 8.16. The SMILES string of the molecule is CCN(C1=C(c2ccc(OC)c(OC)c2)C(=O)N(c2cc(C)cc(C)c2)C1=O)c1ccccc1. The zero-order chi connectivity index (χ0) is 24.4. The van der Waals surface area contributed by atoms with Crippen LogP contribution in [0, 0.1) is 13.8 Å². The Morgan fingerprint density at radius 3 is 2.03 bits per heavy atom. The topological polar surface area (TPSA) is 59.1 Å². The highest BCUT2D eigenvalue weighted by Gasteiger charge is 2.43. The van der Waals surface area contributed by atoms with Crippen molar-refractivity contribution in [2.24, 2.45) is 0 Å². The predicted octanol–water partition coefficient (Wildman–Crippen LogP) is 5.13. The molecule has 0 bridgehead atoms. The normalized spacial score (nSPS) is 13.5. The van der Waals surface area contributed by atoms with Gasteiger partial charge in [-0.3, -0.25) is 9.59 Å². The number of carbonyl (C=O) groups excluding carboxylic acids is 2. The van der Waals surface area contributed by atoms with Crippen molar-refractivity contribution in [3.8, 4) is 11.5 Å². The average molecular weight is 457 g/mol. The van der Waals surface area contributed by atoms with Crippen molar-refractivity contribution in [1.82, 2.24) is 0 Å². The minimum absolute atomic E-state index is 0.329. The van der Waals surface area contributed by atoms with Gasteiger partial charge in [0.2, 0.25) is 0 Å². The van der Waals surface area contributed by atoms with Gasteiger partial charge < -0.3 is 14.4 Å². The first-order chi connectivity index (χ1) is 16.4. The van der Waals surface area contributed by atoms with Crippen LogP contribution in [-0.4, -0.2) is 32.6 Å². The van der Waals surface area contributed by atoms with Gasteiger partial charge in [-0.2, -0.15) is 0 Å². The molecule has 0 N–H and O–H groups in total. The summed E-state index contributed by atoms with van der Waals surface area (Å²) in [5.41, 5.74) is 4.61. The summed E-state index contributed by atoms with van der Waals surface area (Å²) in [4.78, 5) is 31.0. The van der Waals surface area contributed by atoms with Crippen molar-refractivity contribution in [2.45, 2.75) is 20.8 Å². The number of hydrogen-bond donors (Lipinski definition) is 0. The lowest BCUT2D eigenvalue weighted by Gasteiger charge is -2.25. The molecule has 1 heterocycles. The van der Waals surface area contributed by atoms with Crippen LogP contribution in [0.4, 0.5) is 11.4 Å². The van der Waals surface area contributed by atoms with Gasteiger partial charge in [-0.25, -0.2) is 4.90 Å². The molecule has 0 unspecified atom stereocenters. The molecule has 4 rings (SSSR count). The molecule has 1 aliphatic heterocycles. The lowest BCUT2D eigenvalue weighted by atomic mass is 10.0. The third kappa shape index (κ3) is 4.03. The van der Waals surface area contributed by atoms with Crippen molar-refractivity contribution in [3.05, 3.63) is 89.1 Å². The van der Waals surface area contributed by atoms with Crippen LogP contribution in [0.2, 0.25) is 0 Å². The van der Waals surface area contributed by atoms with E-state index in [-0.39, 0.29) is 11.8 Å². The highest BCUT2D eigenvalue weighted by atomic mass is 16.5. The highest BCUT2D eigenvalue weighted by molar-refractivity contribution is 6.46. The van der Waals surface area contributed by atoms with Crippen molar-refractivity contribution >= 4 is 28.8 Å². The Kier molecular flexibility index (Phi) is 6.41. The van der Waals surface area contributed by atoms with Gasteiger partial charge in [0.05, 0.1) is 25.5 Å². The van der Waals surface area contributed by atoms with Gasteiger partial charge in [0, 0.05) is 12.2 Å². The number of amides is 2. The maximum atomic E-state index is 13.9. The van der Waals surface area contributed by atoms with E-state index in [1.165, 1.54) is 4.90 Å². The second-order valence-electron chi connectivity index (χ2n) is 8.16. The lowest BCUT2D eigenvalue weighted by Crippen LogP contribution is -2.35. The van der Waals surface area contributed by atoms with Gasteiger partial charge in [0.15, 0.2) is 11.5 Å².